The average Bonchev–Trinajstić information content (AvgIpc) is 2.48. The van der Waals surface area contributed by atoms with Gasteiger partial charge in [0.25, 0.3) is 0 Å². The van der Waals surface area contributed by atoms with Crippen molar-refractivity contribution >= 4 is 27.6 Å². The van der Waals surface area contributed by atoms with Crippen LogP contribution in [0.25, 0.3) is 11.6 Å². The third-order valence-electron chi connectivity index (χ3n) is 2.55. The molecule has 1 aromatic heterocycles. The maximum absolute atomic E-state index is 12.4. The molecule has 0 radical (unpaired) electrons. The minimum absolute atomic E-state index is 0.00289. The van der Waals surface area contributed by atoms with Gasteiger partial charge in [0.05, 0.1) is 11.3 Å². The Kier molecular flexibility index (Phi) is 5.01. The molecule has 21 heavy (non-hydrogen) atoms. The van der Waals surface area contributed by atoms with Crippen LogP contribution >= 0.6 is 15.9 Å². The Bertz CT molecular complexity index is 697. The number of hydrogen-bond acceptors (Lipinski definition) is 3. The highest BCUT2D eigenvalue weighted by molar-refractivity contribution is 9.10. The maximum Gasteiger partial charge on any atom is 0.387 e. The molecule has 0 saturated heterocycles. The van der Waals surface area contributed by atoms with Crippen LogP contribution in [-0.2, 0) is 0 Å². The van der Waals surface area contributed by atoms with Gasteiger partial charge in [0.2, 0.25) is 0 Å². The fraction of sp³-hybridized carbons (Fsp3) is 0.0667. The fourth-order valence-corrected chi connectivity index (χ4v) is 2.06. The molecule has 106 valence electrons. The van der Waals surface area contributed by atoms with Crippen LogP contribution < -0.4 is 4.74 Å². The molecule has 0 aliphatic carbocycles. The lowest BCUT2D eigenvalue weighted by Gasteiger charge is -2.09. The zero-order valence-corrected chi connectivity index (χ0v) is 12.2. The molecule has 0 spiro atoms. The van der Waals surface area contributed by atoms with Crippen molar-refractivity contribution in [1.29, 1.82) is 5.26 Å². The van der Waals surface area contributed by atoms with Crippen LogP contribution in [0.4, 0.5) is 8.78 Å². The summed E-state index contributed by atoms with van der Waals surface area (Å²) in [5, 5.41) is 9.22. The first kappa shape index (κ1) is 15.1. The number of hydrogen-bond donors (Lipinski definition) is 0. The van der Waals surface area contributed by atoms with Crippen LogP contribution in [0.15, 0.2) is 47.1 Å². The lowest BCUT2D eigenvalue weighted by atomic mass is 10.1. The molecule has 0 aliphatic heterocycles. The predicted octanol–water partition coefficient (Wildman–Crippen LogP) is 4.51. The van der Waals surface area contributed by atoms with Gasteiger partial charge in [-0.05, 0) is 36.4 Å². The molecule has 0 aliphatic rings. The summed E-state index contributed by atoms with van der Waals surface area (Å²) in [6.45, 7) is -2.93. The number of nitriles is 1. The van der Waals surface area contributed by atoms with E-state index in [1.807, 2.05) is 6.07 Å². The van der Waals surface area contributed by atoms with E-state index in [1.54, 1.807) is 36.5 Å². The minimum atomic E-state index is -2.93. The van der Waals surface area contributed by atoms with E-state index >= 15 is 0 Å². The molecule has 0 bridgehead atoms. The summed E-state index contributed by atoms with van der Waals surface area (Å²) in [6, 6.07) is 11.7. The van der Waals surface area contributed by atoms with E-state index in [0.717, 1.165) is 0 Å². The van der Waals surface area contributed by atoms with E-state index in [0.29, 0.717) is 15.7 Å². The lowest BCUT2D eigenvalue weighted by Crippen LogP contribution is -2.03. The molecular weight excluding hydrogens is 342 g/mol. The molecule has 2 rings (SSSR count). The van der Waals surface area contributed by atoms with Gasteiger partial charge >= 0.3 is 6.61 Å². The molecule has 0 saturated carbocycles. The van der Waals surface area contributed by atoms with Crippen LogP contribution in [0, 0.1) is 11.3 Å². The number of halogens is 3. The highest BCUT2D eigenvalue weighted by Gasteiger charge is 2.10. The van der Waals surface area contributed by atoms with Crippen molar-refractivity contribution in [3.05, 3.63) is 58.3 Å². The second-order valence-electron chi connectivity index (χ2n) is 3.95. The number of benzene rings is 1. The lowest BCUT2D eigenvalue weighted by molar-refractivity contribution is -0.0499. The number of pyridine rings is 1. The molecule has 2 aromatic rings. The Morgan fingerprint density at radius 1 is 1.33 bits per heavy atom. The average molecular weight is 351 g/mol. The quantitative estimate of drug-likeness (QED) is 0.762. The van der Waals surface area contributed by atoms with Crippen molar-refractivity contribution in [2.45, 2.75) is 6.61 Å². The molecule has 6 heteroatoms. The zero-order valence-electron chi connectivity index (χ0n) is 10.6. The van der Waals surface area contributed by atoms with Crippen molar-refractivity contribution < 1.29 is 13.5 Å². The summed E-state index contributed by atoms with van der Waals surface area (Å²) in [5.41, 5.74) is 1.09. The monoisotopic (exact) mass is 350 g/mol. The van der Waals surface area contributed by atoms with Gasteiger partial charge in [-0.1, -0.05) is 22.0 Å². The van der Waals surface area contributed by atoms with Crippen LogP contribution in [0.1, 0.15) is 11.3 Å². The van der Waals surface area contributed by atoms with Crippen molar-refractivity contribution in [2.75, 3.05) is 0 Å². The molecule has 1 aromatic carbocycles. The first-order valence-electron chi connectivity index (χ1n) is 5.87. The molecule has 1 heterocycles. The Morgan fingerprint density at radius 3 is 2.76 bits per heavy atom. The van der Waals surface area contributed by atoms with Gasteiger partial charge in [0.1, 0.15) is 11.8 Å². The van der Waals surface area contributed by atoms with E-state index in [2.05, 4.69) is 25.7 Å². The molecular formula is C15H9BrF2N2O. The van der Waals surface area contributed by atoms with Gasteiger partial charge in [0, 0.05) is 16.2 Å². The van der Waals surface area contributed by atoms with E-state index < -0.39 is 6.61 Å². The Balaban J connectivity index is 2.47. The number of aromatic nitrogens is 1. The number of ether oxygens (including phenoxy) is 1. The van der Waals surface area contributed by atoms with Crippen LogP contribution in [0.3, 0.4) is 0 Å². The largest absolute Gasteiger partial charge is 0.434 e. The summed E-state index contributed by atoms with van der Waals surface area (Å²) in [4.78, 5) is 4.07. The summed E-state index contributed by atoms with van der Waals surface area (Å²) in [6.07, 6.45) is 3.02. The van der Waals surface area contributed by atoms with Gasteiger partial charge in [-0.2, -0.15) is 14.0 Å². The third kappa shape index (κ3) is 4.10. The standard InChI is InChI=1S/C15H9BrF2N2O/c16-12-4-5-14(21-15(17)18)10(8-12)7-11(9-19)13-3-1-2-6-20-13/h1-8,15H. The third-order valence-corrected chi connectivity index (χ3v) is 3.04. The number of allylic oxidation sites excluding steroid dienone is 1. The molecule has 3 nitrogen and oxygen atoms in total. The van der Waals surface area contributed by atoms with E-state index in [-0.39, 0.29) is 11.3 Å². The fourth-order valence-electron chi connectivity index (χ4n) is 1.68. The second-order valence-corrected chi connectivity index (χ2v) is 4.86. The topological polar surface area (TPSA) is 45.9 Å². The van der Waals surface area contributed by atoms with Crippen molar-refractivity contribution in [1.82, 2.24) is 4.98 Å². The molecule has 0 N–H and O–H groups in total. The summed E-state index contributed by atoms with van der Waals surface area (Å²) >= 11 is 3.26. The van der Waals surface area contributed by atoms with Crippen LogP contribution in [-0.4, -0.2) is 11.6 Å². The van der Waals surface area contributed by atoms with Gasteiger partial charge in [-0.15, -0.1) is 0 Å². The zero-order chi connectivity index (χ0) is 15.2. The minimum Gasteiger partial charge on any atom is -0.434 e. The summed E-state index contributed by atoms with van der Waals surface area (Å²) < 4.78 is 30.0. The van der Waals surface area contributed by atoms with Gasteiger partial charge in [-0.3, -0.25) is 4.98 Å². The second kappa shape index (κ2) is 6.95. The first-order chi connectivity index (χ1) is 10.1. The number of nitrogens with zero attached hydrogens (tertiary/aromatic N) is 2. The molecule has 0 unspecified atom stereocenters. The Labute approximate surface area is 128 Å². The molecule has 0 fully saturated rings. The van der Waals surface area contributed by atoms with Crippen molar-refractivity contribution in [2.24, 2.45) is 0 Å². The Hall–Kier alpha value is -2.26. The van der Waals surface area contributed by atoms with Gasteiger partial charge < -0.3 is 4.74 Å². The first-order valence-corrected chi connectivity index (χ1v) is 6.67. The van der Waals surface area contributed by atoms with Crippen LogP contribution in [0.5, 0.6) is 5.75 Å². The highest BCUT2D eigenvalue weighted by Crippen LogP contribution is 2.28. The summed E-state index contributed by atoms with van der Waals surface area (Å²) in [7, 11) is 0. The summed E-state index contributed by atoms with van der Waals surface area (Å²) in [5.74, 6) is -0.00289. The SMILES string of the molecule is N#CC(=Cc1cc(Br)ccc1OC(F)F)c1ccccn1. The van der Waals surface area contributed by atoms with Gasteiger partial charge in [-0.25, -0.2) is 0 Å². The van der Waals surface area contributed by atoms with Crippen molar-refractivity contribution in [3.63, 3.8) is 0 Å². The predicted molar refractivity (Wildman–Crippen MR) is 78.5 cm³/mol. The molecule has 0 atom stereocenters. The van der Waals surface area contributed by atoms with Gasteiger partial charge in [0.15, 0.2) is 0 Å². The Morgan fingerprint density at radius 2 is 2.14 bits per heavy atom. The maximum atomic E-state index is 12.4. The normalized spacial score (nSPS) is 11.3. The van der Waals surface area contributed by atoms with E-state index in [1.165, 1.54) is 12.1 Å². The van der Waals surface area contributed by atoms with E-state index in [9.17, 15) is 14.0 Å². The number of alkyl halides is 2. The van der Waals surface area contributed by atoms with E-state index in [4.69, 9.17) is 0 Å². The molecule has 0 amide bonds. The smallest absolute Gasteiger partial charge is 0.387 e. The number of rotatable bonds is 4. The van der Waals surface area contributed by atoms with Crippen molar-refractivity contribution in [3.8, 4) is 11.8 Å². The highest BCUT2D eigenvalue weighted by atomic mass is 79.9. The van der Waals surface area contributed by atoms with Crippen LogP contribution in [0.2, 0.25) is 0 Å².